The van der Waals surface area contributed by atoms with Crippen LogP contribution >= 0.6 is 0 Å². The summed E-state index contributed by atoms with van der Waals surface area (Å²) in [6, 6.07) is 5.09. The third-order valence-corrected chi connectivity index (χ3v) is 6.57. The van der Waals surface area contributed by atoms with Gasteiger partial charge in [-0.15, -0.1) is 0 Å². The van der Waals surface area contributed by atoms with E-state index in [4.69, 9.17) is 0 Å². The Bertz CT molecular complexity index is 749. The molecule has 2 atom stereocenters. The van der Waals surface area contributed by atoms with E-state index in [1.165, 1.54) is 12.8 Å². The highest BCUT2D eigenvalue weighted by atomic mass is 32.2. The van der Waals surface area contributed by atoms with Crippen molar-refractivity contribution in [2.45, 2.75) is 57.9 Å². The molecule has 0 saturated carbocycles. The van der Waals surface area contributed by atoms with E-state index in [9.17, 15) is 13.2 Å². The minimum absolute atomic E-state index is 0.0548. The first-order valence-electron chi connectivity index (χ1n) is 9.76. The van der Waals surface area contributed by atoms with E-state index in [0.717, 1.165) is 30.8 Å². The second-order valence-electron chi connectivity index (χ2n) is 7.87. The third-order valence-electron chi connectivity index (χ3n) is 5.11. The van der Waals surface area contributed by atoms with Crippen LogP contribution in [0.3, 0.4) is 0 Å². The van der Waals surface area contributed by atoms with Gasteiger partial charge in [0, 0.05) is 32.1 Å². The number of nitrogens with zero attached hydrogens (tertiary/aromatic N) is 1. The van der Waals surface area contributed by atoms with Crippen LogP contribution in [-0.4, -0.2) is 51.4 Å². The van der Waals surface area contributed by atoms with Crippen LogP contribution in [0.2, 0.25) is 0 Å². The molecule has 1 aromatic rings. The molecule has 0 radical (unpaired) electrons. The molecular formula is C20H33N3O3S. The van der Waals surface area contributed by atoms with Crippen LogP contribution in [0.5, 0.6) is 0 Å². The number of piperidine rings is 1. The molecule has 2 N–H and O–H groups in total. The van der Waals surface area contributed by atoms with Gasteiger partial charge in [-0.1, -0.05) is 13.0 Å². The molecule has 1 saturated heterocycles. The number of likely N-dealkylation sites (tertiary alicyclic amines) is 1. The fourth-order valence-corrected chi connectivity index (χ4v) is 4.61. The maximum absolute atomic E-state index is 12.3. The van der Waals surface area contributed by atoms with Crippen LogP contribution in [0.25, 0.3) is 0 Å². The molecule has 7 heteroatoms. The molecule has 2 rings (SSSR count). The molecule has 1 amide bonds. The minimum atomic E-state index is -3.59. The van der Waals surface area contributed by atoms with E-state index in [1.807, 2.05) is 20.8 Å². The van der Waals surface area contributed by atoms with Gasteiger partial charge in [0.2, 0.25) is 15.9 Å². The molecule has 1 aromatic carbocycles. The van der Waals surface area contributed by atoms with Crippen molar-refractivity contribution in [1.29, 1.82) is 0 Å². The predicted molar refractivity (Wildman–Crippen MR) is 108 cm³/mol. The number of aryl methyl sites for hydroxylation is 2. The van der Waals surface area contributed by atoms with Gasteiger partial charge in [-0.3, -0.25) is 4.79 Å². The summed E-state index contributed by atoms with van der Waals surface area (Å²) in [6.07, 6.45) is 2.62. The highest BCUT2D eigenvalue weighted by Gasteiger charge is 2.19. The average Bonchev–Trinajstić information content (AvgIpc) is 2.56. The fraction of sp³-hybridized carbons (Fsp3) is 0.650. The first-order valence-corrected chi connectivity index (χ1v) is 11.2. The van der Waals surface area contributed by atoms with Crippen LogP contribution in [0.4, 0.5) is 0 Å². The largest absolute Gasteiger partial charge is 0.352 e. The van der Waals surface area contributed by atoms with Crippen LogP contribution in [0, 0.1) is 19.8 Å². The topological polar surface area (TPSA) is 78.5 Å². The van der Waals surface area contributed by atoms with Crippen LogP contribution < -0.4 is 10.0 Å². The zero-order chi connectivity index (χ0) is 20.0. The summed E-state index contributed by atoms with van der Waals surface area (Å²) >= 11 is 0. The quantitative estimate of drug-likeness (QED) is 0.707. The summed E-state index contributed by atoms with van der Waals surface area (Å²) in [4.78, 5) is 14.7. The summed E-state index contributed by atoms with van der Waals surface area (Å²) in [6.45, 7) is 11.2. The molecule has 1 aliphatic heterocycles. The van der Waals surface area contributed by atoms with Crippen LogP contribution in [0.15, 0.2) is 23.1 Å². The lowest BCUT2D eigenvalue weighted by atomic mass is 10.00. The van der Waals surface area contributed by atoms with E-state index < -0.39 is 10.0 Å². The number of hydrogen-bond donors (Lipinski definition) is 2. The molecule has 1 heterocycles. The third kappa shape index (κ3) is 6.90. The lowest BCUT2D eigenvalue weighted by molar-refractivity contribution is -0.121. The van der Waals surface area contributed by atoms with Gasteiger partial charge in [-0.05, 0) is 69.3 Å². The fourth-order valence-electron chi connectivity index (χ4n) is 3.50. The molecule has 1 aliphatic rings. The Morgan fingerprint density at radius 3 is 2.70 bits per heavy atom. The molecule has 6 nitrogen and oxygen atoms in total. The van der Waals surface area contributed by atoms with Crippen molar-refractivity contribution in [3.63, 3.8) is 0 Å². The van der Waals surface area contributed by atoms with Gasteiger partial charge in [-0.2, -0.15) is 0 Å². The van der Waals surface area contributed by atoms with Crippen molar-refractivity contribution in [2.24, 2.45) is 5.92 Å². The van der Waals surface area contributed by atoms with Gasteiger partial charge in [0.25, 0.3) is 0 Å². The molecule has 2 unspecified atom stereocenters. The lowest BCUT2D eigenvalue weighted by Gasteiger charge is -2.32. The van der Waals surface area contributed by atoms with Gasteiger partial charge in [0.05, 0.1) is 4.90 Å². The molecule has 1 fully saturated rings. The zero-order valence-corrected chi connectivity index (χ0v) is 17.7. The number of rotatable bonds is 8. The average molecular weight is 396 g/mol. The number of carbonyl (C=O) groups is 1. The lowest BCUT2D eigenvalue weighted by Crippen LogP contribution is -2.45. The van der Waals surface area contributed by atoms with Crippen molar-refractivity contribution < 1.29 is 13.2 Å². The number of hydrogen-bond acceptors (Lipinski definition) is 4. The van der Waals surface area contributed by atoms with Gasteiger partial charge < -0.3 is 10.2 Å². The Balaban J connectivity index is 1.75. The van der Waals surface area contributed by atoms with E-state index in [0.29, 0.717) is 5.92 Å². The molecule has 152 valence electrons. The van der Waals surface area contributed by atoms with Crippen molar-refractivity contribution in [3.8, 4) is 0 Å². The summed E-state index contributed by atoms with van der Waals surface area (Å²) in [5.41, 5.74) is 1.97. The maximum Gasteiger partial charge on any atom is 0.240 e. The molecule has 0 aromatic heterocycles. The van der Waals surface area contributed by atoms with Gasteiger partial charge >= 0.3 is 0 Å². The molecule has 27 heavy (non-hydrogen) atoms. The normalized spacial score (nSPS) is 19.6. The van der Waals surface area contributed by atoms with Crippen molar-refractivity contribution in [1.82, 2.24) is 14.9 Å². The SMILES string of the molecule is Cc1ccc(S(=O)(=O)NCCC(=O)NC(C)CN2CCCC(C)C2)cc1C. The monoisotopic (exact) mass is 395 g/mol. The standard InChI is InChI=1S/C20H33N3O3S/c1-15-6-5-11-23(13-15)14-18(4)22-20(24)9-10-21-27(25,26)19-8-7-16(2)17(3)12-19/h7-8,12,15,18,21H,5-6,9-11,13-14H2,1-4H3,(H,22,24). The minimum Gasteiger partial charge on any atom is -0.352 e. The summed E-state index contributed by atoms with van der Waals surface area (Å²) in [5.74, 6) is 0.580. The summed E-state index contributed by atoms with van der Waals surface area (Å²) in [7, 11) is -3.59. The smallest absolute Gasteiger partial charge is 0.240 e. The Kier molecular flexibility index (Phi) is 7.82. The van der Waals surface area contributed by atoms with Crippen molar-refractivity contribution in [2.75, 3.05) is 26.2 Å². The van der Waals surface area contributed by atoms with Gasteiger partial charge in [0.15, 0.2) is 0 Å². The second kappa shape index (κ2) is 9.66. The van der Waals surface area contributed by atoms with Gasteiger partial charge in [-0.25, -0.2) is 13.1 Å². The first kappa shape index (κ1) is 21.9. The van der Waals surface area contributed by atoms with Crippen molar-refractivity contribution >= 4 is 15.9 Å². The van der Waals surface area contributed by atoms with Crippen LogP contribution in [-0.2, 0) is 14.8 Å². The molecular weight excluding hydrogens is 362 g/mol. The van der Waals surface area contributed by atoms with E-state index in [2.05, 4.69) is 21.9 Å². The van der Waals surface area contributed by atoms with E-state index in [-0.39, 0.29) is 29.8 Å². The Morgan fingerprint density at radius 1 is 1.30 bits per heavy atom. The Labute approximate surface area is 163 Å². The van der Waals surface area contributed by atoms with E-state index >= 15 is 0 Å². The van der Waals surface area contributed by atoms with Crippen LogP contribution in [0.1, 0.15) is 44.2 Å². The Morgan fingerprint density at radius 2 is 2.04 bits per heavy atom. The zero-order valence-electron chi connectivity index (χ0n) is 16.9. The number of nitrogens with one attached hydrogen (secondary N) is 2. The molecule has 0 bridgehead atoms. The highest BCUT2D eigenvalue weighted by Crippen LogP contribution is 2.16. The number of carbonyl (C=O) groups excluding carboxylic acids is 1. The Hall–Kier alpha value is -1.44. The van der Waals surface area contributed by atoms with Gasteiger partial charge in [0.1, 0.15) is 0 Å². The summed E-state index contributed by atoms with van der Waals surface area (Å²) < 4.78 is 27.2. The second-order valence-corrected chi connectivity index (χ2v) is 9.64. The number of benzene rings is 1. The number of amides is 1. The van der Waals surface area contributed by atoms with Crippen molar-refractivity contribution in [3.05, 3.63) is 29.3 Å². The maximum atomic E-state index is 12.3. The summed E-state index contributed by atoms with van der Waals surface area (Å²) in [5, 5.41) is 2.97. The molecule has 0 aliphatic carbocycles. The van der Waals surface area contributed by atoms with E-state index in [1.54, 1.807) is 18.2 Å². The number of sulfonamides is 1. The highest BCUT2D eigenvalue weighted by molar-refractivity contribution is 7.89. The predicted octanol–water partition coefficient (Wildman–Crippen LogP) is 2.21. The molecule has 0 spiro atoms. The first-order chi connectivity index (χ1) is 12.7.